The zero-order valence-electron chi connectivity index (χ0n) is 16.7. The van der Waals surface area contributed by atoms with E-state index in [1.807, 2.05) is 60.7 Å². The summed E-state index contributed by atoms with van der Waals surface area (Å²) in [5, 5.41) is 12.0. The Balaban J connectivity index is 1.61. The lowest BCUT2D eigenvalue weighted by Crippen LogP contribution is -2.50. The normalized spacial score (nSPS) is 17.4. The van der Waals surface area contributed by atoms with Crippen molar-refractivity contribution in [1.29, 1.82) is 0 Å². The van der Waals surface area contributed by atoms with E-state index < -0.39 is 6.17 Å². The summed E-state index contributed by atoms with van der Waals surface area (Å²) in [5.41, 5.74) is 1.39. The molecule has 3 aromatic rings. The van der Waals surface area contributed by atoms with Gasteiger partial charge in [0.15, 0.2) is 10.9 Å². The smallest absolute Gasteiger partial charge is 0.276 e. The number of nitrogens with zero attached hydrogens (tertiary/aromatic N) is 3. The number of hydrazone groups is 1. The Morgan fingerprint density at radius 1 is 1.13 bits per heavy atom. The number of benzene rings is 2. The van der Waals surface area contributed by atoms with E-state index in [1.54, 1.807) is 5.01 Å². The molecule has 3 heterocycles. The quantitative estimate of drug-likeness (QED) is 0.654. The summed E-state index contributed by atoms with van der Waals surface area (Å²) < 4.78 is 6.17. The predicted octanol–water partition coefficient (Wildman–Crippen LogP) is 3.89. The molecule has 1 atom stereocenters. The average molecular weight is 451 g/mol. The third-order valence-corrected chi connectivity index (χ3v) is 6.29. The molecule has 0 saturated carbocycles. The molecule has 0 aliphatic carbocycles. The van der Waals surface area contributed by atoms with Gasteiger partial charge in [-0.3, -0.25) is 10.1 Å². The van der Waals surface area contributed by atoms with Crippen LogP contribution in [0.25, 0.3) is 17.0 Å². The van der Waals surface area contributed by atoms with Crippen molar-refractivity contribution >= 4 is 40.1 Å². The molecular formula is C23H19ClN4O2S. The first-order valence-electron chi connectivity index (χ1n) is 9.99. The summed E-state index contributed by atoms with van der Waals surface area (Å²) in [6.45, 7) is 2.09. The molecule has 0 fully saturated rings. The molecule has 0 unspecified atom stereocenters. The highest BCUT2D eigenvalue weighted by Gasteiger charge is 2.35. The van der Waals surface area contributed by atoms with Gasteiger partial charge < -0.3 is 4.42 Å². The third-order valence-electron chi connectivity index (χ3n) is 4.97. The zero-order chi connectivity index (χ0) is 21.4. The van der Waals surface area contributed by atoms with Crippen molar-refractivity contribution in [2.24, 2.45) is 10.1 Å². The number of hydrogen-bond donors (Lipinski definition) is 1. The lowest BCUT2D eigenvalue weighted by atomic mass is 10.1. The largest absolute Gasteiger partial charge is 0.457 e. The minimum absolute atomic E-state index is 0.189. The summed E-state index contributed by atoms with van der Waals surface area (Å²) in [4.78, 5) is 17.9. The van der Waals surface area contributed by atoms with Crippen LogP contribution in [0.5, 0.6) is 0 Å². The minimum atomic E-state index is -0.575. The van der Waals surface area contributed by atoms with Crippen LogP contribution in [-0.4, -0.2) is 21.8 Å². The molecule has 1 N–H and O–H groups in total. The second-order valence-corrected chi connectivity index (χ2v) is 8.65. The molecule has 31 heavy (non-hydrogen) atoms. The Morgan fingerprint density at radius 2 is 1.94 bits per heavy atom. The van der Waals surface area contributed by atoms with E-state index >= 15 is 0 Å². The van der Waals surface area contributed by atoms with E-state index in [1.165, 1.54) is 11.8 Å². The van der Waals surface area contributed by atoms with Crippen LogP contribution in [0.2, 0.25) is 5.02 Å². The fourth-order valence-electron chi connectivity index (χ4n) is 3.54. The monoisotopic (exact) mass is 450 g/mol. The molecule has 0 radical (unpaired) electrons. The molecule has 0 bridgehead atoms. The summed E-state index contributed by atoms with van der Waals surface area (Å²) in [5.74, 6) is 1.98. The Kier molecular flexibility index (Phi) is 5.29. The van der Waals surface area contributed by atoms with Crippen LogP contribution in [0, 0.1) is 0 Å². The Labute approximate surface area is 188 Å². The molecule has 1 aromatic heterocycles. The lowest BCUT2D eigenvalue weighted by molar-refractivity contribution is -0.116. The number of amides is 1. The second-order valence-electron chi connectivity index (χ2n) is 7.13. The highest BCUT2D eigenvalue weighted by molar-refractivity contribution is 8.13. The van der Waals surface area contributed by atoms with Gasteiger partial charge in [-0.25, -0.2) is 10.0 Å². The number of amidine groups is 1. The Hall–Kier alpha value is -3.03. The molecule has 156 valence electrons. The zero-order valence-corrected chi connectivity index (χ0v) is 18.3. The van der Waals surface area contributed by atoms with E-state index in [0.29, 0.717) is 27.4 Å². The number of fused-ring (bicyclic) bond motifs is 2. The van der Waals surface area contributed by atoms with Crippen LogP contribution in [0.3, 0.4) is 0 Å². The van der Waals surface area contributed by atoms with E-state index in [0.717, 1.165) is 28.3 Å². The number of carbonyl (C=O) groups is 1. The molecule has 2 aliphatic heterocycles. The SMILES string of the molecule is CCCSC1=NN2C(=c3ccccc3=N[C@@H]2c2ccc(-c3ccc(Cl)cc3)o2)C(=O)N1. The van der Waals surface area contributed by atoms with Crippen LogP contribution < -0.4 is 15.9 Å². The van der Waals surface area contributed by atoms with E-state index in [-0.39, 0.29) is 5.91 Å². The highest BCUT2D eigenvalue weighted by Crippen LogP contribution is 2.34. The Morgan fingerprint density at radius 3 is 2.74 bits per heavy atom. The van der Waals surface area contributed by atoms with Crippen molar-refractivity contribution in [3.8, 4) is 11.3 Å². The number of hydrogen-bond acceptors (Lipinski definition) is 6. The highest BCUT2D eigenvalue weighted by atomic mass is 35.5. The number of para-hydroxylation sites is 1. The first-order chi connectivity index (χ1) is 15.1. The molecule has 2 aromatic carbocycles. The molecular weight excluding hydrogens is 432 g/mol. The maximum absolute atomic E-state index is 13.0. The van der Waals surface area contributed by atoms with Crippen LogP contribution in [-0.2, 0) is 4.79 Å². The number of halogens is 1. The molecule has 1 amide bonds. The minimum Gasteiger partial charge on any atom is -0.457 e. The van der Waals surface area contributed by atoms with Gasteiger partial charge in [0, 0.05) is 21.6 Å². The van der Waals surface area contributed by atoms with Gasteiger partial charge in [0.25, 0.3) is 5.91 Å². The van der Waals surface area contributed by atoms with Crippen LogP contribution in [0.15, 0.2) is 75.2 Å². The standard InChI is InChI=1S/C23H19ClN4O2S/c1-2-13-31-23-26-22(29)20-16-5-3-4-6-17(16)25-21(28(20)27-23)19-12-11-18(30-19)14-7-9-15(24)10-8-14/h3-12,21H,2,13H2,1H3,(H,26,27,29)/t21-/m0/s1. The summed E-state index contributed by atoms with van der Waals surface area (Å²) in [6.07, 6.45) is 0.407. The fourth-order valence-corrected chi connectivity index (χ4v) is 4.37. The van der Waals surface area contributed by atoms with Crippen molar-refractivity contribution < 1.29 is 9.21 Å². The van der Waals surface area contributed by atoms with E-state index in [9.17, 15) is 4.79 Å². The van der Waals surface area contributed by atoms with Gasteiger partial charge in [-0.2, -0.15) is 0 Å². The number of thioether (sulfide) groups is 1. The van der Waals surface area contributed by atoms with E-state index in [2.05, 4.69) is 12.2 Å². The molecule has 0 saturated heterocycles. The van der Waals surface area contributed by atoms with Gasteiger partial charge in [-0.1, -0.05) is 48.5 Å². The molecule has 2 aliphatic rings. The Bertz CT molecular complexity index is 1300. The average Bonchev–Trinajstić information content (AvgIpc) is 3.27. The number of furan rings is 1. The van der Waals surface area contributed by atoms with Crippen molar-refractivity contribution in [1.82, 2.24) is 10.3 Å². The van der Waals surface area contributed by atoms with Crippen molar-refractivity contribution in [2.75, 3.05) is 5.75 Å². The molecule has 8 heteroatoms. The van der Waals surface area contributed by atoms with Crippen molar-refractivity contribution in [2.45, 2.75) is 19.5 Å². The molecule has 0 spiro atoms. The van der Waals surface area contributed by atoms with Crippen molar-refractivity contribution in [3.63, 3.8) is 0 Å². The van der Waals surface area contributed by atoms with Gasteiger partial charge in [0.2, 0.25) is 6.17 Å². The molecule has 5 rings (SSSR count). The van der Waals surface area contributed by atoms with Gasteiger partial charge in [-0.15, -0.1) is 5.10 Å². The first-order valence-corrected chi connectivity index (χ1v) is 11.4. The maximum Gasteiger partial charge on any atom is 0.276 e. The van der Waals surface area contributed by atoms with Gasteiger partial charge in [0.05, 0.1) is 5.36 Å². The molecule has 6 nitrogen and oxygen atoms in total. The summed E-state index contributed by atoms with van der Waals surface area (Å²) in [6, 6.07) is 18.8. The van der Waals surface area contributed by atoms with Gasteiger partial charge in [0.1, 0.15) is 11.5 Å². The van der Waals surface area contributed by atoms with Crippen LogP contribution in [0.1, 0.15) is 25.3 Å². The van der Waals surface area contributed by atoms with Crippen molar-refractivity contribution in [3.05, 3.63) is 82.0 Å². The summed E-state index contributed by atoms with van der Waals surface area (Å²) >= 11 is 7.52. The lowest BCUT2D eigenvalue weighted by Gasteiger charge is -2.32. The van der Waals surface area contributed by atoms with Crippen LogP contribution >= 0.6 is 23.4 Å². The fraction of sp³-hybridized carbons (Fsp3) is 0.174. The predicted molar refractivity (Wildman–Crippen MR) is 123 cm³/mol. The topological polar surface area (TPSA) is 70.2 Å². The van der Waals surface area contributed by atoms with Gasteiger partial charge >= 0.3 is 0 Å². The number of rotatable bonds is 4. The number of nitrogens with one attached hydrogen (secondary N) is 1. The number of carbonyl (C=O) groups excluding carboxylic acids is 1. The maximum atomic E-state index is 13.0. The first kappa shape index (κ1) is 19.9. The summed E-state index contributed by atoms with van der Waals surface area (Å²) in [7, 11) is 0. The van der Waals surface area contributed by atoms with Crippen LogP contribution in [0.4, 0.5) is 0 Å². The third kappa shape index (κ3) is 3.75. The second kappa shape index (κ2) is 8.24. The van der Waals surface area contributed by atoms with E-state index in [4.69, 9.17) is 26.1 Å². The van der Waals surface area contributed by atoms with Gasteiger partial charge in [-0.05, 0) is 48.9 Å².